The summed E-state index contributed by atoms with van der Waals surface area (Å²) in [6.07, 6.45) is 2.85. The zero-order chi connectivity index (χ0) is 20.3. The first-order valence-corrected chi connectivity index (χ1v) is 10.3. The summed E-state index contributed by atoms with van der Waals surface area (Å²) in [6, 6.07) is 7.19. The molecule has 0 saturated carbocycles. The maximum Gasteiger partial charge on any atom is 0.251 e. The van der Waals surface area contributed by atoms with Gasteiger partial charge in [-0.2, -0.15) is 4.31 Å². The lowest BCUT2D eigenvalue weighted by atomic mass is 10.1. The summed E-state index contributed by atoms with van der Waals surface area (Å²) < 4.78 is 38.3. The minimum atomic E-state index is -3.68. The summed E-state index contributed by atoms with van der Waals surface area (Å²) in [5.74, 6) is 0.472. The van der Waals surface area contributed by atoms with E-state index in [0.717, 1.165) is 17.4 Å². The van der Waals surface area contributed by atoms with Crippen molar-refractivity contribution in [3.8, 4) is 11.5 Å². The number of benzene rings is 1. The van der Waals surface area contributed by atoms with Crippen LogP contribution in [0.5, 0.6) is 11.5 Å². The fraction of sp³-hybridized carbons (Fsp3) is 0.368. The largest absolute Gasteiger partial charge is 0.497 e. The van der Waals surface area contributed by atoms with E-state index >= 15 is 0 Å². The summed E-state index contributed by atoms with van der Waals surface area (Å²) in [6.45, 7) is 0.623. The average molecular weight is 406 g/mol. The van der Waals surface area contributed by atoms with E-state index in [1.54, 1.807) is 18.2 Å². The summed E-state index contributed by atoms with van der Waals surface area (Å²) in [5, 5.41) is 0. The molecule has 1 fully saturated rings. The number of hydrogen-bond donors (Lipinski definition) is 0. The number of ether oxygens (including phenoxy) is 2. The number of aromatic nitrogens is 1. The van der Waals surface area contributed by atoms with Crippen LogP contribution in [0.4, 0.5) is 0 Å². The molecule has 28 heavy (non-hydrogen) atoms. The lowest BCUT2D eigenvalue weighted by molar-refractivity contribution is 0.0967. The van der Waals surface area contributed by atoms with Gasteiger partial charge in [0, 0.05) is 31.4 Å². The third kappa shape index (κ3) is 3.95. The highest BCUT2D eigenvalue weighted by Gasteiger charge is 2.28. The Balaban J connectivity index is 1.90. The second-order valence-corrected chi connectivity index (χ2v) is 8.37. The Bertz CT molecular complexity index is 1040. The molecule has 0 amide bonds. The molecule has 0 radical (unpaired) electrons. The first-order chi connectivity index (χ1) is 13.4. The van der Waals surface area contributed by atoms with Gasteiger partial charge in [0.25, 0.3) is 5.56 Å². The molecule has 1 saturated heterocycles. The lowest BCUT2D eigenvalue weighted by Gasteiger charge is -2.16. The predicted octanol–water partition coefficient (Wildman–Crippen LogP) is 1.53. The van der Waals surface area contributed by atoms with Crippen molar-refractivity contribution in [2.75, 3.05) is 27.3 Å². The molecular weight excluding hydrogens is 384 g/mol. The van der Waals surface area contributed by atoms with Gasteiger partial charge in [0.2, 0.25) is 10.0 Å². The van der Waals surface area contributed by atoms with E-state index in [-0.39, 0.29) is 22.8 Å². The predicted molar refractivity (Wildman–Crippen MR) is 103 cm³/mol. The van der Waals surface area contributed by atoms with Crippen LogP contribution in [-0.4, -0.2) is 50.4 Å². The van der Waals surface area contributed by atoms with Crippen molar-refractivity contribution in [3.05, 3.63) is 52.4 Å². The topological polar surface area (TPSA) is 94.9 Å². The Kier molecular flexibility index (Phi) is 5.85. The number of nitrogens with zero attached hydrogens (tertiary/aromatic N) is 2. The molecule has 0 bridgehead atoms. The van der Waals surface area contributed by atoms with Crippen LogP contribution in [0.1, 0.15) is 23.2 Å². The van der Waals surface area contributed by atoms with Crippen LogP contribution in [-0.2, 0) is 16.6 Å². The number of hydrogen-bond acceptors (Lipinski definition) is 6. The van der Waals surface area contributed by atoms with Crippen molar-refractivity contribution in [3.63, 3.8) is 0 Å². The highest BCUT2D eigenvalue weighted by atomic mass is 32.2. The maximum atomic E-state index is 12.7. The van der Waals surface area contributed by atoms with Gasteiger partial charge in [-0.3, -0.25) is 9.59 Å². The monoisotopic (exact) mass is 406 g/mol. The van der Waals surface area contributed by atoms with Crippen molar-refractivity contribution >= 4 is 15.8 Å². The van der Waals surface area contributed by atoms with E-state index in [9.17, 15) is 18.0 Å². The van der Waals surface area contributed by atoms with E-state index in [4.69, 9.17) is 9.47 Å². The quantitative estimate of drug-likeness (QED) is 0.647. The zero-order valence-electron chi connectivity index (χ0n) is 15.8. The van der Waals surface area contributed by atoms with Gasteiger partial charge in [0.1, 0.15) is 11.5 Å². The van der Waals surface area contributed by atoms with Crippen molar-refractivity contribution in [1.82, 2.24) is 8.87 Å². The van der Waals surface area contributed by atoms with Gasteiger partial charge in [0.05, 0.1) is 31.2 Å². The van der Waals surface area contributed by atoms with Crippen molar-refractivity contribution in [2.45, 2.75) is 24.3 Å². The maximum absolute atomic E-state index is 12.7. The number of pyridine rings is 1. The first kappa shape index (κ1) is 20.1. The Hall–Kier alpha value is -2.65. The molecule has 9 heteroatoms. The van der Waals surface area contributed by atoms with Crippen molar-refractivity contribution in [2.24, 2.45) is 0 Å². The molecule has 8 nitrogen and oxygen atoms in total. The van der Waals surface area contributed by atoms with Crippen LogP contribution >= 0.6 is 0 Å². The standard InChI is InChI=1S/C19H22N2O6S/c1-26-14-5-7-16(18(11-14)27-2)17(22)13-20-12-15(6-8-19(20)23)28(24,25)21-9-3-4-10-21/h5-8,11-12H,3-4,9-10,13H2,1-2H3. The Morgan fingerprint density at radius 2 is 1.79 bits per heavy atom. The van der Waals surface area contributed by atoms with Gasteiger partial charge in [0.15, 0.2) is 5.78 Å². The second-order valence-electron chi connectivity index (χ2n) is 6.43. The van der Waals surface area contributed by atoms with Crippen LogP contribution in [0.2, 0.25) is 0 Å². The number of ketones is 1. The summed E-state index contributed by atoms with van der Waals surface area (Å²) in [7, 11) is -0.746. The van der Waals surface area contributed by atoms with Gasteiger partial charge in [-0.25, -0.2) is 8.42 Å². The smallest absolute Gasteiger partial charge is 0.251 e. The van der Waals surface area contributed by atoms with Crippen LogP contribution < -0.4 is 15.0 Å². The number of carbonyl (C=O) groups excluding carboxylic acids is 1. The van der Waals surface area contributed by atoms with Crippen molar-refractivity contribution in [1.29, 1.82) is 0 Å². The number of Topliss-reactive ketones (excluding diaryl/α,β-unsaturated/α-hetero) is 1. The van der Waals surface area contributed by atoms with Gasteiger partial charge in [-0.05, 0) is 31.0 Å². The number of carbonyl (C=O) groups is 1. The lowest BCUT2D eigenvalue weighted by Crippen LogP contribution is -2.30. The number of rotatable bonds is 7. The van der Waals surface area contributed by atoms with Gasteiger partial charge in [-0.1, -0.05) is 0 Å². The Morgan fingerprint density at radius 3 is 2.43 bits per heavy atom. The van der Waals surface area contributed by atoms with E-state index in [1.807, 2.05) is 0 Å². The molecule has 2 aromatic rings. The molecular formula is C19H22N2O6S. The first-order valence-electron chi connectivity index (χ1n) is 8.82. The Labute approximate surface area is 163 Å². The molecule has 0 spiro atoms. The normalized spacial score (nSPS) is 14.8. The van der Waals surface area contributed by atoms with Gasteiger partial charge < -0.3 is 14.0 Å². The van der Waals surface area contributed by atoms with Crippen LogP contribution in [0, 0.1) is 0 Å². The van der Waals surface area contributed by atoms with E-state index in [1.165, 1.54) is 36.9 Å². The molecule has 1 aliphatic rings. The molecule has 1 aromatic carbocycles. The second kappa shape index (κ2) is 8.15. The van der Waals surface area contributed by atoms with E-state index < -0.39 is 15.6 Å². The van der Waals surface area contributed by atoms with Crippen LogP contribution in [0.25, 0.3) is 0 Å². The molecule has 0 N–H and O–H groups in total. The third-order valence-corrected chi connectivity index (χ3v) is 6.56. The zero-order valence-corrected chi connectivity index (χ0v) is 16.6. The molecule has 1 aromatic heterocycles. The van der Waals surface area contributed by atoms with E-state index in [0.29, 0.717) is 24.6 Å². The van der Waals surface area contributed by atoms with Gasteiger partial charge in [-0.15, -0.1) is 0 Å². The summed E-state index contributed by atoms with van der Waals surface area (Å²) >= 11 is 0. The third-order valence-electron chi connectivity index (χ3n) is 4.68. The highest BCUT2D eigenvalue weighted by Crippen LogP contribution is 2.25. The molecule has 0 unspecified atom stereocenters. The Morgan fingerprint density at radius 1 is 1.07 bits per heavy atom. The molecule has 2 heterocycles. The number of sulfonamides is 1. The van der Waals surface area contributed by atoms with Crippen LogP contribution in [0.15, 0.2) is 46.2 Å². The molecule has 150 valence electrons. The van der Waals surface area contributed by atoms with Crippen molar-refractivity contribution < 1.29 is 22.7 Å². The van der Waals surface area contributed by atoms with Crippen LogP contribution in [0.3, 0.4) is 0 Å². The van der Waals surface area contributed by atoms with Gasteiger partial charge >= 0.3 is 0 Å². The van der Waals surface area contributed by atoms with E-state index in [2.05, 4.69) is 0 Å². The fourth-order valence-electron chi connectivity index (χ4n) is 3.13. The molecule has 3 rings (SSSR count). The minimum Gasteiger partial charge on any atom is -0.497 e. The minimum absolute atomic E-state index is 0.00324. The number of methoxy groups -OCH3 is 2. The highest BCUT2D eigenvalue weighted by molar-refractivity contribution is 7.89. The average Bonchev–Trinajstić information content (AvgIpc) is 3.24. The summed E-state index contributed by atoms with van der Waals surface area (Å²) in [4.78, 5) is 24.9. The fourth-order valence-corrected chi connectivity index (χ4v) is 4.67. The molecule has 0 aliphatic carbocycles. The molecule has 1 aliphatic heterocycles. The summed E-state index contributed by atoms with van der Waals surface area (Å²) in [5.41, 5.74) is -0.177. The SMILES string of the molecule is COc1ccc(C(=O)Cn2cc(S(=O)(=O)N3CCCC3)ccc2=O)c(OC)c1. The molecule has 0 atom stereocenters.